The Morgan fingerprint density at radius 1 is 1.17 bits per heavy atom. The topological polar surface area (TPSA) is 73.0 Å². The first-order chi connectivity index (χ1) is 13.5. The Hall–Kier alpha value is -1.45. The monoisotopic (exact) mass is 485 g/mol. The van der Waals surface area contributed by atoms with Gasteiger partial charge in [-0.25, -0.2) is 4.98 Å². The number of para-hydroxylation sites is 1. The van der Waals surface area contributed by atoms with Crippen molar-refractivity contribution in [1.29, 1.82) is 0 Å². The second-order valence-corrected chi connectivity index (χ2v) is 7.53. The van der Waals surface area contributed by atoms with Gasteiger partial charge < -0.3 is 24.8 Å². The summed E-state index contributed by atoms with van der Waals surface area (Å²) in [5.41, 5.74) is 10.3. The van der Waals surface area contributed by atoms with E-state index in [1.54, 1.807) is 0 Å². The molecule has 1 N–H and O–H groups in total. The maximum absolute atomic E-state index is 8.35. The number of unbranched alkanes of at least 4 members (excludes halogenated alkanes) is 1. The van der Waals surface area contributed by atoms with Gasteiger partial charge in [-0.05, 0) is 38.5 Å². The Balaban J connectivity index is 0.00000300. The number of hydrogen-bond donors (Lipinski definition) is 0. The first-order valence-corrected chi connectivity index (χ1v) is 9.88. The molecule has 0 spiro atoms. The molecule has 2 heterocycles. The molecule has 0 unspecified atom stereocenters. The van der Waals surface area contributed by atoms with Gasteiger partial charge in [-0.2, -0.15) is 0 Å². The van der Waals surface area contributed by atoms with Crippen LogP contribution in [0.5, 0.6) is 0 Å². The Morgan fingerprint density at radius 3 is 2.66 bits per heavy atom. The van der Waals surface area contributed by atoms with Crippen LogP contribution in [-0.4, -0.2) is 41.2 Å². The van der Waals surface area contributed by atoms with Crippen LogP contribution in [0.15, 0.2) is 24.3 Å². The zero-order valence-corrected chi connectivity index (χ0v) is 18.9. The van der Waals surface area contributed by atoms with E-state index in [1.807, 2.05) is 31.2 Å². The van der Waals surface area contributed by atoms with Gasteiger partial charge in [0.05, 0.1) is 31.0 Å². The quantitative estimate of drug-likeness (QED) is 0.300. The van der Waals surface area contributed by atoms with E-state index in [1.165, 1.54) is 0 Å². The van der Waals surface area contributed by atoms with Crippen LogP contribution in [0.2, 0.25) is 6.32 Å². The average Bonchev–Trinajstić information content (AvgIpc) is 3.02. The number of rotatable bonds is 10. The first-order valence-electron chi connectivity index (χ1n) is 9.88. The summed E-state index contributed by atoms with van der Waals surface area (Å²) in [4.78, 5) is 9.12. The number of aromatic nitrogens is 3. The Labute approximate surface area is 187 Å². The molecule has 0 amide bonds. The Morgan fingerprint density at radius 2 is 1.93 bits per heavy atom. The van der Waals surface area contributed by atoms with E-state index in [0.29, 0.717) is 38.2 Å². The SMILES string of the molecule is [B]CCCCOC(C)(C)Cn1c(COCC)nc2c([NH-])nc3ccccc3c21.[Pd]. The molecule has 0 atom stereocenters. The fourth-order valence-corrected chi connectivity index (χ4v) is 3.38. The van der Waals surface area contributed by atoms with Crippen molar-refractivity contribution in [3.05, 3.63) is 35.8 Å². The molecule has 3 aromatic rings. The van der Waals surface area contributed by atoms with E-state index in [2.05, 4.69) is 23.4 Å². The molecule has 0 saturated carbocycles. The van der Waals surface area contributed by atoms with Gasteiger partial charge in [-0.1, -0.05) is 37.0 Å². The van der Waals surface area contributed by atoms with Crippen LogP contribution in [0.3, 0.4) is 0 Å². The number of imidazole rings is 1. The van der Waals surface area contributed by atoms with E-state index >= 15 is 0 Å². The molecule has 0 aliphatic rings. The molecule has 3 rings (SSSR count). The van der Waals surface area contributed by atoms with Gasteiger partial charge in [0.2, 0.25) is 0 Å². The van der Waals surface area contributed by atoms with Crippen molar-refractivity contribution in [2.24, 2.45) is 0 Å². The Bertz CT molecular complexity index is 945. The van der Waals surface area contributed by atoms with Crippen molar-refractivity contribution in [1.82, 2.24) is 14.5 Å². The molecule has 0 aliphatic heterocycles. The number of nitrogens with one attached hydrogen (secondary N) is 1. The van der Waals surface area contributed by atoms with Crippen LogP contribution in [0.4, 0.5) is 5.82 Å². The summed E-state index contributed by atoms with van der Waals surface area (Å²) in [5, 5.41) is 0.989. The van der Waals surface area contributed by atoms with Crippen LogP contribution >= 0.6 is 0 Å². The number of ether oxygens (including phenoxy) is 2. The molecule has 29 heavy (non-hydrogen) atoms. The third kappa shape index (κ3) is 5.58. The van der Waals surface area contributed by atoms with Gasteiger partial charge in [-0.3, -0.25) is 0 Å². The van der Waals surface area contributed by atoms with E-state index in [4.69, 9.17) is 28.0 Å². The summed E-state index contributed by atoms with van der Waals surface area (Å²) in [6, 6.07) is 7.89. The number of nitrogens with zero attached hydrogens (tertiary/aromatic N) is 3. The third-order valence-corrected chi connectivity index (χ3v) is 4.73. The van der Waals surface area contributed by atoms with Gasteiger partial charge in [0.1, 0.15) is 12.4 Å². The third-order valence-electron chi connectivity index (χ3n) is 4.73. The van der Waals surface area contributed by atoms with Crippen molar-refractivity contribution >= 4 is 35.6 Å². The van der Waals surface area contributed by atoms with Crippen molar-refractivity contribution in [2.45, 2.75) is 58.7 Å². The van der Waals surface area contributed by atoms with E-state index in [0.717, 1.165) is 35.1 Å². The van der Waals surface area contributed by atoms with Crippen molar-refractivity contribution in [3.8, 4) is 0 Å². The van der Waals surface area contributed by atoms with Crippen molar-refractivity contribution in [2.75, 3.05) is 13.2 Å². The molecule has 2 aromatic heterocycles. The van der Waals surface area contributed by atoms with Crippen LogP contribution < -0.4 is 0 Å². The molecule has 158 valence electrons. The maximum Gasteiger partial charge on any atom is 0.136 e. The average molecular weight is 486 g/mol. The summed E-state index contributed by atoms with van der Waals surface area (Å²) in [5.74, 6) is 0.981. The predicted octanol–water partition coefficient (Wildman–Crippen LogP) is 4.96. The number of benzene rings is 1. The molecular weight excluding hydrogens is 457 g/mol. The van der Waals surface area contributed by atoms with Crippen LogP contribution in [0.1, 0.15) is 39.4 Å². The van der Waals surface area contributed by atoms with Gasteiger partial charge in [0.15, 0.2) is 0 Å². The standard InChI is InChI=1S/C21H28BN4O2.Pd/c1-4-27-13-17-25-18-19(15-9-5-6-10-16(15)24-20(18)23)26(17)14-21(2,3)28-12-8-7-11-22;/h5-6,9-10H,4,7-8,11-14H2,1-3H3,(H-,23,24);/q-1;. The predicted molar refractivity (Wildman–Crippen MR) is 114 cm³/mol. The largest absolute Gasteiger partial charge is 0.480 e. The summed E-state index contributed by atoms with van der Waals surface area (Å²) in [6.45, 7) is 8.40. The van der Waals surface area contributed by atoms with E-state index < -0.39 is 5.60 Å². The van der Waals surface area contributed by atoms with Crippen LogP contribution in [-0.2, 0) is 43.0 Å². The maximum atomic E-state index is 8.35. The molecular formula is C21H28BN4O2Pd-. The molecule has 2 radical (unpaired) electrons. The second-order valence-electron chi connectivity index (χ2n) is 7.53. The molecule has 8 heteroatoms. The van der Waals surface area contributed by atoms with Gasteiger partial charge in [-0.15, -0.1) is 0 Å². The van der Waals surface area contributed by atoms with Crippen molar-refractivity contribution < 1.29 is 29.9 Å². The van der Waals surface area contributed by atoms with Crippen LogP contribution in [0.25, 0.3) is 27.7 Å². The molecule has 0 aliphatic carbocycles. The Kier molecular flexibility index (Phi) is 8.66. The summed E-state index contributed by atoms with van der Waals surface area (Å²) in [6.07, 6.45) is 2.58. The number of fused-ring (bicyclic) bond motifs is 3. The smallest absolute Gasteiger partial charge is 0.136 e. The normalized spacial score (nSPS) is 11.8. The first kappa shape index (κ1) is 23.8. The van der Waals surface area contributed by atoms with Gasteiger partial charge in [0.25, 0.3) is 0 Å². The molecule has 1 aromatic carbocycles. The minimum atomic E-state index is -0.393. The van der Waals surface area contributed by atoms with E-state index in [-0.39, 0.29) is 26.2 Å². The second kappa shape index (κ2) is 10.5. The van der Waals surface area contributed by atoms with Crippen LogP contribution in [0, 0.1) is 0 Å². The molecule has 0 fully saturated rings. The van der Waals surface area contributed by atoms with Gasteiger partial charge in [0, 0.05) is 39.0 Å². The number of hydrogen-bond acceptors (Lipinski definition) is 4. The molecule has 0 saturated heterocycles. The fraction of sp³-hybridized carbons (Fsp3) is 0.524. The van der Waals surface area contributed by atoms with Gasteiger partial charge >= 0.3 is 0 Å². The molecule has 0 bridgehead atoms. The minimum absolute atomic E-state index is 0. The van der Waals surface area contributed by atoms with Crippen molar-refractivity contribution in [3.63, 3.8) is 0 Å². The zero-order valence-electron chi connectivity index (χ0n) is 17.3. The summed E-state index contributed by atoms with van der Waals surface area (Å²) in [7, 11) is 5.58. The fourth-order valence-electron chi connectivity index (χ4n) is 3.38. The summed E-state index contributed by atoms with van der Waals surface area (Å²) < 4.78 is 13.9. The minimum Gasteiger partial charge on any atom is -0.480 e. The number of pyridine rings is 1. The zero-order chi connectivity index (χ0) is 20.1. The van der Waals surface area contributed by atoms with E-state index in [9.17, 15) is 0 Å². The molecule has 6 nitrogen and oxygen atoms in total. The summed E-state index contributed by atoms with van der Waals surface area (Å²) >= 11 is 0.